The molecule has 0 aromatic heterocycles. The van der Waals surface area contributed by atoms with Crippen molar-refractivity contribution in [2.24, 2.45) is 0 Å². The van der Waals surface area contributed by atoms with Crippen molar-refractivity contribution >= 4 is 40.9 Å². The van der Waals surface area contributed by atoms with Crippen LogP contribution in [0.25, 0.3) is 0 Å². The first-order chi connectivity index (χ1) is 13.9. The third kappa shape index (κ3) is 7.24. The Balaban J connectivity index is 1.82. The van der Waals surface area contributed by atoms with Crippen LogP contribution in [0.3, 0.4) is 0 Å². The molecule has 7 nitrogen and oxygen atoms in total. The number of nitrogens with zero attached hydrogens (tertiary/aromatic N) is 1. The fraction of sp³-hybridized carbons (Fsp3) is 0.286. The average Bonchev–Trinajstić information content (AvgIpc) is 2.68. The van der Waals surface area contributed by atoms with E-state index in [-0.39, 0.29) is 24.9 Å². The SMILES string of the molecule is CCOC(=O)c1ccc(NC(=O)CN(C)CC(=O)Nc2ccccc2SC)cc1. The first kappa shape index (κ1) is 22.4. The second-order valence-electron chi connectivity index (χ2n) is 6.27. The molecular weight excluding hydrogens is 390 g/mol. The van der Waals surface area contributed by atoms with Gasteiger partial charge in [-0.15, -0.1) is 11.8 Å². The fourth-order valence-electron chi connectivity index (χ4n) is 2.59. The molecule has 154 valence electrons. The molecule has 0 saturated heterocycles. The third-order valence-corrected chi connectivity index (χ3v) is 4.68. The van der Waals surface area contributed by atoms with Crippen LogP contribution in [0, 0.1) is 0 Å². The molecule has 0 spiro atoms. The molecule has 2 rings (SSSR count). The van der Waals surface area contributed by atoms with Crippen LogP contribution in [0.5, 0.6) is 0 Å². The first-order valence-corrected chi connectivity index (χ1v) is 10.3. The van der Waals surface area contributed by atoms with Crippen molar-refractivity contribution in [3.63, 3.8) is 0 Å². The number of para-hydroxylation sites is 1. The largest absolute Gasteiger partial charge is 0.462 e. The molecule has 0 aliphatic rings. The predicted octanol–water partition coefficient (Wildman–Crippen LogP) is 3.09. The van der Waals surface area contributed by atoms with Crippen LogP contribution >= 0.6 is 11.8 Å². The Hall–Kier alpha value is -2.84. The number of nitrogens with one attached hydrogen (secondary N) is 2. The number of hydrogen-bond acceptors (Lipinski definition) is 6. The molecule has 0 radical (unpaired) electrons. The molecule has 0 saturated carbocycles. The number of thioether (sulfide) groups is 1. The maximum absolute atomic E-state index is 12.2. The highest BCUT2D eigenvalue weighted by molar-refractivity contribution is 7.98. The summed E-state index contributed by atoms with van der Waals surface area (Å²) in [7, 11) is 1.70. The summed E-state index contributed by atoms with van der Waals surface area (Å²) in [6.07, 6.45) is 1.95. The zero-order valence-electron chi connectivity index (χ0n) is 16.7. The number of ether oxygens (including phenoxy) is 1. The molecule has 0 heterocycles. The molecule has 0 aliphatic heterocycles. The number of likely N-dealkylation sites (N-methyl/N-ethyl adjacent to an activating group) is 1. The standard InChI is InChI=1S/C21H25N3O4S/c1-4-28-21(27)15-9-11-16(12-10-15)22-19(25)13-24(2)14-20(26)23-17-7-5-6-8-18(17)29-3/h5-12H,4,13-14H2,1-3H3,(H,22,25)(H,23,26). The molecule has 0 unspecified atom stereocenters. The van der Waals surface area contributed by atoms with Crippen LogP contribution in [0.4, 0.5) is 11.4 Å². The topological polar surface area (TPSA) is 87.7 Å². The Kier molecular flexibility index (Phi) is 8.69. The van der Waals surface area contributed by atoms with Gasteiger partial charge < -0.3 is 15.4 Å². The van der Waals surface area contributed by atoms with Gasteiger partial charge in [-0.3, -0.25) is 14.5 Å². The summed E-state index contributed by atoms with van der Waals surface area (Å²) in [5.41, 5.74) is 1.74. The van der Waals surface area contributed by atoms with Crippen molar-refractivity contribution in [2.75, 3.05) is 43.6 Å². The summed E-state index contributed by atoms with van der Waals surface area (Å²) in [5, 5.41) is 5.61. The van der Waals surface area contributed by atoms with Gasteiger partial charge in [-0.1, -0.05) is 12.1 Å². The van der Waals surface area contributed by atoms with E-state index < -0.39 is 5.97 Å². The van der Waals surface area contributed by atoms with E-state index in [0.29, 0.717) is 17.9 Å². The quantitative estimate of drug-likeness (QED) is 0.483. The molecule has 2 aromatic rings. The summed E-state index contributed by atoms with van der Waals surface area (Å²) in [6.45, 7) is 2.18. The van der Waals surface area contributed by atoms with Gasteiger partial charge in [-0.2, -0.15) is 0 Å². The number of carbonyl (C=O) groups excluding carboxylic acids is 3. The van der Waals surface area contributed by atoms with E-state index in [2.05, 4.69) is 10.6 Å². The highest BCUT2D eigenvalue weighted by atomic mass is 32.2. The summed E-state index contributed by atoms with van der Waals surface area (Å²) < 4.78 is 4.92. The lowest BCUT2D eigenvalue weighted by Gasteiger charge is -2.17. The molecule has 0 atom stereocenters. The molecule has 8 heteroatoms. The van der Waals surface area contributed by atoms with E-state index in [1.807, 2.05) is 30.5 Å². The van der Waals surface area contributed by atoms with Crippen LogP contribution < -0.4 is 10.6 Å². The molecule has 0 bridgehead atoms. The maximum atomic E-state index is 12.2. The van der Waals surface area contributed by atoms with E-state index >= 15 is 0 Å². The molecule has 29 heavy (non-hydrogen) atoms. The lowest BCUT2D eigenvalue weighted by atomic mass is 10.2. The average molecular weight is 416 g/mol. The number of esters is 1. The van der Waals surface area contributed by atoms with Gasteiger partial charge >= 0.3 is 5.97 Å². The third-order valence-electron chi connectivity index (χ3n) is 3.89. The monoisotopic (exact) mass is 415 g/mol. The predicted molar refractivity (Wildman–Crippen MR) is 115 cm³/mol. The highest BCUT2D eigenvalue weighted by Crippen LogP contribution is 2.24. The summed E-state index contributed by atoms with van der Waals surface area (Å²) in [5.74, 6) is -0.853. The minimum atomic E-state index is -0.404. The molecule has 2 amide bonds. The Bertz CT molecular complexity index is 855. The maximum Gasteiger partial charge on any atom is 0.338 e. The number of anilines is 2. The zero-order chi connectivity index (χ0) is 21.2. The number of hydrogen-bond donors (Lipinski definition) is 2. The van der Waals surface area contributed by atoms with Crippen molar-refractivity contribution in [1.82, 2.24) is 4.90 Å². The number of rotatable bonds is 9. The highest BCUT2D eigenvalue weighted by Gasteiger charge is 2.13. The Morgan fingerprint density at radius 1 is 0.966 bits per heavy atom. The number of amides is 2. The fourth-order valence-corrected chi connectivity index (χ4v) is 3.14. The second kappa shape index (κ2) is 11.2. The van der Waals surface area contributed by atoms with Gasteiger partial charge in [0.25, 0.3) is 0 Å². The molecular formula is C21H25N3O4S. The smallest absolute Gasteiger partial charge is 0.338 e. The molecule has 2 aromatic carbocycles. The van der Waals surface area contributed by atoms with Crippen molar-refractivity contribution in [1.29, 1.82) is 0 Å². The van der Waals surface area contributed by atoms with Crippen LogP contribution in [0.1, 0.15) is 17.3 Å². The lowest BCUT2D eigenvalue weighted by molar-refractivity contribution is -0.119. The van der Waals surface area contributed by atoms with Gasteiger partial charge in [0.2, 0.25) is 11.8 Å². The minimum absolute atomic E-state index is 0.0528. The zero-order valence-corrected chi connectivity index (χ0v) is 17.5. The number of benzene rings is 2. The normalized spacial score (nSPS) is 10.5. The van der Waals surface area contributed by atoms with Gasteiger partial charge in [0.05, 0.1) is 30.9 Å². The van der Waals surface area contributed by atoms with Gasteiger partial charge in [0, 0.05) is 10.6 Å². The van der Waals surface area contributed by atoms with Crippen LogP contribution in [0.2, 0.25) is 0 Å². The minimum Gasteiger partial charge on any atom is -0.462 e. The van der Waals surface area contributed by atoms with E-state index in [4.69, 9.17) is 4.74 Å². The second-order valence-corrected chi connectivity index (χ2v) is 7.11. The van der Waals surface area contributed by atoms with Crippen molar-refractivity contribution in [2.45, 2.75) is 11.8 Å². The molecule has 0 fully saturated rings. The van der Waals surface area contributed by atoms with Gasteiger partial charge in [-0.25, -0.2) is 4.79 Å². The summed E-state index contributed by atoms with van der Waals surface area (Å²) in [4.78, 5) is 38.7. The van der Waals surface area contributed by atoms with E-state index in [9.17, 15) is 14.4 Å². The number of carbonyl (C=O) groups is 3. The Morgan fingerprint density at radius 2 is 1.59 bits per heavy atom. The summed E-state index contributed by atoms with van der Waals surface area (Å²) >= 11 is 1.55. The van der Waals surface area contributed by atoms with Crippen LogP contribution in [-0.2, 0) is 14.3 Å². The summed E-state index contributed by atoms with van der Waals surface area (Å²) in [6, 6.07) is 14.0. The van der Waals surface area contributed by atoms with Gasteiger partial charge in [0.1, 0.15) is 0 Å². The van der Waals surface area contributed by atoms with E-state index in [0.717, 1.165) is 10.6 Å². The van der Waals surface area contributed by atoms with Gasteiger partial charge in [-0.05, 0) is 56.6 Å². The van der Waals surface area contributed by atoms with E-state index in [1.54, 1.807) is 54.9 Å². The Morgan fingerprint density at radius 3 is 2.21 bits per heavy atom. The van der Waals surface area contributed by atoms with Crippen molar-refractivity contribution < 1.29 is 19.1 Å². The Labute approximate surface area is 174 Å². The molecule has 2 N–H and O–H groups in total. The molecule has 0 aliphatic carbocycles. The first-order valence-electron chi connectivity index (χ1n) is 9.11. The van der Waals surface area contributed by atoms with Crippen LogP contribution in [-0.4, -0.2) is 55.7 Å². The van der Waals surface area contributed by atoms with Crippen molar-refractivity contribution in [3.8, 4) is 0 Å². The van der Waals surface area contributed by atoms with Crippen LogP contribution in [0.15, 0.2) is 53.4 Å². The lowest BCUT2D eigenvalue weighted by Crippen LogP contribution is -2.36. The van der Waals surface area contributed by atoms with Crippen molar-refractivity contribution in [3.05, 3.63) is 54.1 Å². The van der Waals surface area contributed by atoms with Gasteiger partial charge in [0.15, 0.2) is 0 Å². The van der Waals surface area contributed by atoms with E-state index in [1.165, 1.54) is 0 Å².